The van der Waals surface area contributed by atoms with Crippen LogP contribution in [0.3, 0.4) is 0 Å². The van der Waals surface area contributed by atoms with Crippen LogP contribution in [0, 0.1) is 10.4 Å². The molecule has 4 aliphatic rings. The molecule has 206 valence electrons. The van der Waals surface area contributed by atoms with Gasteiger partial charge < -0.3 is 19.7 Å². The molecule has 2 amide bonds. The number of fused-ring (bicyclic) bond motifs is 2. The van der Waals surface area contributed by atoms with E-state index in [2.05, 4.69) is 0 Å². The van der Waals surface area contributed by atoms with Crippen molar-refractivity contribution < 1.29 is 18.9 Å². The summed E-state index contributed by atoms with van der Waals surface area (Å²) in [4.78, 5) is 35.3. The van der Waals surface area contributed by atoms with Gasteiger partial charge in [-0.05, 0) is 60.7 Å². The van der Waals surface area contributed by atoms with E-state index < -0.39 is 33.7 Å². The molecule has 4 aliphatic heterocycles. The van der Waals surface area contributed by atoms with Crippen molar-refractivity contribution in [3.63, 3.8) is 0 Å². The van der Waals surface area contributed by atoms with E-state index in [1.54, 1.807) is 66.7 Å². The minimum Gasteiger partial charge on any atom is -0.630 e. The smallest absolute Gasteiger partial charge is 0.290 e. The Morgan fingerprint density at radius 3 is 1.48 bits per heavy atom. The molecule has 0 N–H and O–H groups in total. The highest BCUT2D eigenvalue weighted by Crippen LogP contribution is 2.50. The predicted octanol–water partition coefficient (Wildman–Crippen LogP) is 5.43. The lowest BCUT2D eigenvalue weighted by molar-refractivity contribution is -0.905. The molecule has 0 unspecified atom stereocenters. The maximum atomic E-state index is 14.4. The van der Waals surface area contributed by atoms with Gasteiger partial charge in [-0.15, -0.1) is 0 Å². The molecule has 40 heavy (non-hydrogen) atoms. The van der Waals surface area contributed by atoms with Crippen molar-refractivity contribution in [3.05, 3.63) is 98.6 Å². The van der Waals surface area contributed by atoms with Crippen LogP contribution in [0.15, 0.2) is 66.7 Å². The van der Waals surface area contributed by atoms with Crippen LogP contribution in [0.25, 0.3) is 0 Å². The van der Waals surface area contributed by atoms with Crippen LogP contribution in [0.5, 0.6) is 0 Å². The van der Waals surface area contributed by atoms with Gasteiger partial charge in [0.15, 0.2) is 12.1 Å². The zero-order valence-electron chi connectivity index (χ0n) is 21.5. The van der Waals surface area contributed by atoms with Gasteiger partial charge in [-0.25, -0.2) is 4.98 Å². The molecule has 9 nitrogen and oxygen atoms in total. The molecule has 0 radical (unpaired) electrons. The first-order valence-corrected chi connectivity index (χ1v) is 14.3. The summed E-state index contributed by atoms with van der Waals surface area (Å²) in [5.74, 6) is -0.476. The topological polar surface area (TPSA) is 99.6 Å². The second-order valence-electron chi connectivity index (χ2n) is 11.1. The van der Waals surface area contributed by atoms with Crippen molar-refractivity contribution in [2.45, 2.75) is 50.1 Å². The standard InChI is InChI=1S/C29H27Cl2N5O4/c30-18-8-12-20(13-9-18)33-26(35(39)16-2-6-24(35)28(33)37)22-4-1-5-23(32-22)27-34(21-14-10-19(31)11-15-21)29(38)25-7-3-17-36(25,27)40/h1,4-5,8-15,24-27H,2-3,6-7,16-17H2/t24-,25-,26-,27-,35+,36+/m0/s1. The highest BCUT2D eigenvalue weighted by molar-refractivity contribution is 6.31. The molecule has 0 saturated carbocycles. The number of hydrogen-bond acceptors (Lipinski definition) is 5. The molecule has 5 heterocycles. The predicted molar refractivity (Wildman–Crippen MR) is 151 cm³/mol. The molecule has 0 spiro atoms. The van der Waals surface area contributed by atoms with Gasteiger partial charge in [0.05, 0.1) is 24.5 Å². The van der Waals surface area contributed by atoms with E-state index in [0.717, 1.165) is 0 Å². The Morgan fingerprint density at radius 1 is 0.675 bits per heavy atom. The summed E-state index contributed by atoms with van der Waals surface area (Å²) in [5, 5.41) is 29.8. The second kappa shape index (κ2) is 9.24. The fraction of sp³-hybridized carbons (Fsp3) is 0.345. The molecule has 0 aliphatic carbocycles. The first-order valence-electron chi connectivity index (χ1n) is 13.5. The number of carbonyl (C=O) groups is 2. The fourth-order valence-corrected chi connectivity index (χ4v) is 7.43. The zero-order chi connectivity index (χ0) is 27.8. The highest BCUT2D eigenvalue weighted by Gasteiger charge is 2.61. The monoisotopic (exact) mass is 579 g/mol. The third-order valence-electron chi connectivity index (χ3n) is 8.92. The molecule has 0 bridgehead atoms. The number of rotatable bonds is 4. The number of benzene rings is 2. The van der Waals surface area contributed by atoms with Crippen LogP contribution in [-0.4, -0.2) is 51.3 Å². The van der Waals surface area contributed by atoms with Crippen LogP contribution >= 0.6 is 23.2 Å². The number of anilines is 2. The van der Waals surface area contributed by atoms with Gasteiger partial charge >= 0.3 is 0 Å². The van der Waals surface area contributed by atoms with Gasteiger partial charge in [-0.3, -0.25) is 19.4 Å². The van der Waals surface area contributed by atoms with E-state index >= 15 is 0 Å². The average Bonchev–Trinajstić information content (AvgIpc) is 3.63. The Bertz CT molecular complexity index is 1400. The number of hydrogen-bond donors (Lipinski definition) is 0. The van der Waals surface area contributed by atoms with Crippen LogP contribution in [0.4, 0.5) is 11.4 Å². The SMILES string of the molecule is O=C1[C@@H]2CCC[N@+]2([O-])[C@@H](c2cccc([C@H]3N(c4ccc(Cl)cc4)C(=O)[C@@H]4CCC[N@@+]43[O-])n2)N1c1ccc(Cl)cc1. The van der Waals surface area contributed by atoms with Crippen molar-refractivity contribution in [3.8, 4) is 0 Å². The third-order valence-corrected chi connectivity index (χ3v) is 9.42. The van der Waals surface area contributed by atoms with E-state index in [1.165, 1.54) is 9.80 Å². The largest absolute Gasteiger partial charge is 0.630 e. The van der Waals surface area contributed by atoms with Gasteiger partial charge in [-0.2, -0.15) is 0 Å². The van der Waals surface area contributed by atoms with Crippen LogP contribution in [-0.2, 0) is 9.59 Å². The maximum Gasteiger partial charge on any atom is 0.290 e. The van der Waals surface area contributed by atoms with Gasteiger partial charge in [0.1, 0.15) is 11.4 Å². The molecule has 4 saturated heterocycles. The fourth-order valence-electron chi connectivity index (χ4n) is 7.18. The van der Waals surface area contributed by atoms with E-state index in [-0.39, 0.29) is 11.8 Å². The molecular formula is C29H27Cl2N5O4. The van der Waals surface area contributed by atoms with Gasteiger partial charge in [0, 0.05) is 35.7 Å². The van der Waals surface area contributed by atoms with Crippen LogP contribution < -0.4 is 9.80 Å². The molecule has 4 fully saturated rings. The molecular weight excluding hydrogens is 553 g/mol. The molecule has 6 atom stereocenters. The number of pyridine rings is 1. The number of halogens is 2. The highest BCUT2D eigenvalue weighted by atomic mass is 35.5. The number of hydroxylamine groups is 6. The van der Waals surface area contributed by atoms with Crippen molar-refractivity contribution in [2.24, 2.45) is 0 Å². The number of quaternary nitrogens is 2. The summed E-state index contributed by atoms with van der Waals surface area (Å²) < 4.78 is -1.44. The van der Waals surface area contributed by atoms with E-state index in [9.17, 15) is 20.0 Å². The minimum atomic E-state index is -0.920. The minimum absolute atomic E-state index is 0.238. The normalized spacial score (nSPS) is 33.1. The Labute approximate surface area is 241 Å². The molecule has 11 heteroatoms. The summed E-state index contributed by atoms with van der Waals surface area (Å²) >= 11 is 12.2. The van der Waals surface area contributed by atoms with E-state index in [0.29, 0.717) is 71.6 Å². The maximum absolute atomic E-state index is 14.4. The molecule has 1 aromatic heterocycles. The number of aromatic nitrogens is 1. The third kappa shape index (κ3) is 3.66. The summed E-state index contributed by atoms with van der Waals surface area (Å²) in [7, 11) is 0. The summed E-state index contributed by atoms with van der Waals surface area (Å²) in [6.45, 7) is 0.582. The van der Waals surface area contributed by atoms with Crippen LogP contribution in [0.2, 0.25) is 10.0 Å². The molecule has 7 rings (SSSR count). The Morgan fingerprint density at radius 2 is 1.07 bits per heavy atom. The van der Waals surface area contributed by atoms with Gasteiger partial charge in [0.2, 0.25) is 12.3 Å². The first-order chi connectivity index (χ1) is 19.2. The quantitative estimate of drug-likeness (QED) is 0.303. The summed E-state index contributed by atoms with van der Waals surface area (Å²) in [6, 6.07) is 17.5. The molecule has 3 aromatic rings. The van der Waals surface area contributed by atoms with Crippen molar-refractivity contribution in [2.75, 3.05) is 22.9 Å². The lowest BCUT2D eigenvalue weighted by Crippen LogP contribution is -2.47. The molecule has 2 aromatic carbocycles. The number of amides is 2. The van der Waals surface area contributed by atoms with Crippen LogP contribution in [0.1, 0.15) is 49.4 Å². The average molecular weight is 580 g/mol. The second-order valence-corrected chi connectivity index (χ2v) is 11.9. The van der Waals surface area contributed by atoms with Crippen molar-refractivity contribution in [1.29, 1.82) is 0 Å². The van der Waals surface area contributed by atoms with Crippen molar-refractivity contribution in [1.82, 2.24) is 4.98 Å². The first kappa shape index (κ1) is 25.9. The summed E-state index contributed by atoms with van der Waals surface area (Å²) in [6.07, 6.45) is 0.467. The lowest BCUT2D eigenvalue weighted by atomic mass is 10.1. The lowest BCUT2D eigenvalue weighted by Gasteiger charge is -2.45. The van der Waals surface area contributed by atoms with Crippen molar-refractivity contribution >= 4 is 46.4 Å². The Hall–Kier alpha value is -3.05. The number of nitrogens with zero attached hydrogens (tertiary/aromatic N) is 5. The Kier molecular flexibility index (Phi) is 5.98. The zero-order valence-corrected chi connectivity index (χ0v) is 23.0. The number of carbonyl (C=O) groups excluding carboxylic acids is 2. The Balaban J connectivity index is 1.36. The van der Waals surface area contributed by atoms with Gasteiger partial charge in [-0.1, -0.05) is 29.3 Å². The van der Waals surface area contributed by atoms with Gasteiger partial charge in [0.25, 0.3) is 11.8 Å². The van der Waals surface area contributed by atoms with E-state index in [1.807, 2.05) is 0 Å². The van der Waals surface area contributed by atoms with E-state index in [4.69, 9.17) is 28.2 Å². The summed E-state index contributed by atoms with van der Waals surface area (Å²) in [5.41, 5.74) is 1.94.